The summed E-state index contributed by atoms with van der Waals surface area (Å²) in [6.45, 7) is 14.8. The van der Waals surface area contributed by atoms with Gasteiger partial charge in [-0.2, -0.15) is 11.8 Å². The SMILES string of the molecule is CSCCC(C)N(C)C(CNC(C)(C)C)C(C)C. The molecule has 0 rings (SSSR count). The molecular weight excluding hydrogens is 240 g/mol. The van der Waals surface area contributed by atoms with E-state index in [1.54, 1.807) is 0 Å². The van der Waals surface area contributed by atoms with Crippen molar-refractivity contribution in [3.05, 3.63) is 0 Å². The maximum Gasteiger partial charge on any atom is 0.0243 e. The van der Waals surface area contributed by atoms with Gasteiger partial charge in [0.2, 0.25) is 0 Å². The summed E-state index contributed by atoms with van der Waals surface area (Å²) in [5.74, 6) is 1.94. The summed E-state index contributed by atoms with van der Waals surface area (Å²) < 4.78 is 0. The molecular formula is C15H34N2S. The second kappa shape index (κ2) is 8.44. The minimum atomic E-state index is 0.205. The van der Waals surface area contributed by atoms with Gasteiger partial charge in [0.15, 0.2) is 0 Å². The van der Waals surface area contributed by atoms with Crippen LogP contribution in [0, 0.1) is 5.92 Å². The predicted molar refractivity (Wildman–Crippen MR) is 86.6 cm³/mol. The number of nitrogens with zero attached hydrogens (tertiary/aromatic N) is 1. The first-order valence-electron chi connectivity index (χ1n) is 7.15. The van der Waals surface area contributed by atoms with Crippen LogP contribution in [0.25, 0.3) is 0 Å². The second-order valence-electron chi connectivity index (χ2n) is 6.74. The first kappa shape index (κ1) is 18.3. The molecule has 110 valence electrons. The molecule has 0 bridgehead atoms. The molecule has 18 heavy (non-hydrogen) atoms. The smallest absolute Gasteiger partial charge is 0.0243 e. The van der Waals surface area contributed by atoms with Gasteiger partial charge in [0, 0.05) is 24.2 Å². The molecule has 2 nitrogen and oxygen atoms in total. The van der Waals surface area contributed by atoms with Crippen LogP contribution in [0.15, 0.2) is 0 Å². The zero-order valence-electron chi connectivity index (χ0n) is 13.7. The van der Waals surface area contributed by atoms with Gasteiger partial charge in [-0.25, -0.2) is 0 Å². The van der Waals surface area contributed by atoms with E-state index in [4.69, 9.17) is 0 Å². The molecule has 0 heterocycles. The molecule has 0 aliphatic rings. The molecule has 0 aliphatic heterocycles. The Labute approximate surface area is 119 Å². The largest absolute Gasteiger partial charge is 0.311 e. The van der Waals surface area contributed by atoms with Crippen molar-refractivity contribution in [2.45, 2.75) is 65.6 Å². The minimum absolute atomic E-state index is 0.205. The van der Waals surface area contributed by atoms with E-state index in [1.807, 2.05) is 11.8 Å². The monoisotopic (exact) mass is 274 g/mol. The van der Waals surface area contributed by atoms with Gasteiger partial charge in [-0.05, 0) is 59.1 Å². The molecule has 2 atom stereocenters. The Bertz CT molecular complexity index is 211. The Morgan fingerprint density at radius 1 is 1.17 bits per heavy atom. The molecule has 0 spiro atoms. The Morgan fingerprint density at radius 3 is 2.11 bits per heavy atom. The first-order chi connectivity index (χ1) is 8.19. The van der Waals surface area contributed by atoms with Crippen LogP contribution in [0.4, 0.5) is 0 Å². The lowest BCUT2D eigenvalue weighted by Gasteiger charge is -2.37. The normalized spacial score (nSPS) is 16.3. The van der Waals surface area contributed by atoms with E-state index in [9.17, 15) is 0 Å². The molecule has 1 N–H and O–H groups in total. The van der Waals surface area contributed by atoms with Crippen molar-refractivity contribution in [2.75, 3.05) is 25.6 Å². The molecule has 0 saturated carbocycles. The van der Waals surface area contributed by atoms with Crippen LogP contribution in [0.5, 0.6) is 0 Å². The van der Waals surface area contributed by atoms with Crippen LogP contribution < -0.4 is 5.32 Å². The molecule has 0 aliphatic carbocycles. The third-order valence-corrected chi connectivity index (χ3v) is 4.21. The van der Waals surface area contributed by atoms with Crippen molar-refractivity contribution >= 4 is 11.8 Å². The summed E-state index contributed by atoms with van der Waals surface area (Å²) in [6, 6.07) is 1.27. The average Bonchev–Trinajstić information content (AvgIpc) is 2.23. The minimum Gasteiger partial charge on any atom is -0.311 e. The zero-order chi connectivity index (χ0) is 14.3. The highest BCUT2D eigenvalue weighted by molar-refractivity contribution is 7.98. The lowest BCUT2D eigenvalue weighted by molar-refractivity contribution is 0.132. The van der Waals surface area contributed by atoms with Gasteiger partial charge in [-0.15, -0.1) is 0 Å². The summed E-state index contributed by atoms with van der Waals surface area (Å²) in [4.78, 5) is 2.56. The van der Waals surface area contributed by atoms with Crippen LogP contribution >= 0.6 is 11.8 Å². The Balaban J connectivity index is 4.39. The highest BCUT2D eigenvalue weighted by Gasteiger charge is 2.24. The van der Waals surface area contributed by atoms with Crippen molar-refractivity contribution in [1.29, 1.82) is 0 Å². The number of likely N-dealkylation sites (N-methyl/N-ethyl adjacent to an activating group) is 1. The van der Waals surface area contributed by atoms with Gasteiger partial charge in [0.05, 0.1) is 0 Å². The van der Waals surface area contributed by atoms with Crippen LogP contribution in [0.3, 0.4) is 0 Å². The van der Waals surface area contributed by atoms with Crippen molar-refractivity contribution in [3.8, 4) is 0 Å². The van der Waals surface area contributed by atoms with Gasteiger partial charge in [-0.3, -0.25) is 4.90 Å². The Kier molecular flexibility index (Phi) is 8.57. The highest BCUT2D eigenvalue weighted by atomic mass is 32.2. The number of rotatable bonds is 8. The third-order valence-electron chi connectivity index (χ3n) is 3.57. The van der Waals surface area contributed by atoms with Gasteiger partial charge in [0.1, 0.15) is 0 Å². The number of nitrogens with one attached hydrogen (secondary N) is 1. The predicted octanol–water partition coefficient (Wildman–Crippen LogP) is 3.47. The fraction of sp³-hybridized carbons (Fsp3) is 1.00. The molecule has 3 heteroatoms. The number of thioether (sulfide) groups is 1. The lowest BCUT2D eigenvalue weighted by Crippen LogP contribution is -2.51. The standard InChI is InChI=1S/C15H34N2S/c1-12(2)14(11-16-15(4,5)6)17(7)13(3)9-10-18-8/h12-14,16H,9-11H2,1-8H3. The fourth-order valence-electron chi connectivity index (χ4n) is 2.08. The quantitative estimate of drug-likeness (QED) is 0.729. The van der Waals surface area contributed by atoms with Gasteiger partial charge in [-0.1, -0.05) is 13.8 Å². The summed E-state index contributed by atoms with van der Waals surface area (Å²) in [7, 11) is 2.28. The zero-order valence-corrected chi connectivity index (χ0v) is 14.5. The summed E-state index contributed by atoms with van der Waals surface area (Å²) in [5.41, 5.74) is 0.205. The molecule has 0 aromatic rings. The van der Waals surface area contributed by atoms with Crippen molar-refractivity contribution in [2.24, 2.45) is 5.92 Å². The lowest BCUT2D eigenvalue weighted by atomic mass is 9.99. The molecule has 2 unspecified atom stereocenters. The highest BCUT2D eigenvalue weighted by Crippen LogP contribution is 2.16. The van der Waals surface area contributed by atoms with Gasteiger partial charge >= 0.3 is 0 Å². The molecule has 0 amide bonds. The number of hydrogen-bond donors (Lipinski definition) is 1. The van der Waals surface area contributed by atoms with E-state index in [2.05, 4.69) is 65.1 Å². The van der Waals surface area contributed by atoms with Crippen molar-refractivity contribution in [3.63, 3.8) is 0 Å². The van der Waals surface area contributed by atoms with Crippen molar-refractivity contribution < 1.29 is 0 Å². The van der Waals surface area contributed by atoms with E-state index in [-0.39, 0.29) is 5.54 Å². The van der Waals surface area contributed by atoms with Crippen LogP contribution in [-0.4, -0.2) is 48.1 Å². The summed E-state index contributed by atoms with van der Waals surface area (Å²) >= 11 is 1.94. The Hall–Kier alpha value is 0.270. The van der Waals surface area contributed by atoms with Gasteiger partial charge in [0.25, 0.3) is 0 Å². The molecule has 0 radical (unpaired) electrons. The van der Waals surface area contributed by atoms with Crippen molar-refractivity contribution in [1.82, 2.24) is 10.2 Å². The third kappa shape index (κ3) is 7.65. The molecule has 0 aromatic carbocycles. The van der Waals surface area contributed by atoms with Gasteiger partial charge < -0.3 is 5.32 Å². The maximum absolute atomic E-state index is 3.65. The van der Waals surface area contributed by atoms with E-state index in [0.717, 1.165) is 6.54 Å². The fourth-order valence-corrected chi connectivity index (χ4v) is 2.66. The van der Waals surface area contributed by atoms with E-state index < -0.39 is 0 Å². The number of hydrogen-bond acceptors (Lipinski definition) is 3. The molecule has 0 saturated heterocycles. The van der Waals surface area contributed by atoms with E-state index >= 15 is 0 Å². The van der Waals surface area contributed by atoms with Crippen LogP contribution in [-0.2, 0) is 0 Å². The second-order valence-corrected chi connectivity index (χ2v) is 7.72. The molecule has 0 fully saturated rings. The van der Waals surface area contributed by atoms with E-state index in [1.165, 1.54) is 12.2 Å². The van der Waals surface area contributed by atoms with Crippen LogP contribution in [0.2, 0.25) is 0 Å². The summed E-state index contributed by atoms with van der Waals surface area (Å²) in [6.07, 6.45) is 3.46. The average molecular weight is 275 g/mol. The molecule has 0 aromatic heterocycles. The topological polar surface area (TPSA) is 15.3 Å². The van der Waals surface area contributed by atoms with Crippen LogP contribution in [0.1, 0.15) is 48.0 Å². The first-order valence-corrected chi connectivity index (χ1v) is 8.54. The van der Waals surface area contributed by atoms with E-state index in [0.29, 0.717) is 18.0 Å². The maximum atomic E-state index is 3.65. The summed E-state index contributed by atoms with van der Waals surface area (Å²) in [5, 5.41) is 3.65. The Morgan fingerprint density at radius 2 is 1.72 bits per heavy atom.